The zero-order valence-corrected chi connectivity index (χ0v) is 23.4. The average Bonchev–Trinajstić information content (AvgIpc) is 3.30. The summed E-state index contributed by atoms with van der Waals surface area (Å²) < 4.78 is 40.3. The number of esters is 1. The molecule has 2 aliphatic rings. The predicted octanol–water partition coefficient (Wildman–Crippen LogP) is 0.494. The van der Waals surface area contributed by atoms with Gasteiger partial charge in [0.1, 0.15) is 18.9 Å². The summed E-state index contributed by atoms with van der Waals surface area (Å²) in [6, 6.07) is 14.2. The van der Waals surface area contributed by atoms with Crippen molar-refractivity contribution in [3.63, 3.8) is 0 Å². The Morgan fingerprint density at radius 3 is 2.54 bits per heavy atom. The number of cyclic esters (lactones) is 1. The van der Waals surface area contributed by atoms with Gasteiger partial charge in [-0.3, -0.25) is 24.5 Å². The van der Waals surface area contributed by atoms with Gasteiger partial charge in [-0.25, -0.2) is 13.9 Å². The van der Waals surface area contributed by atoms with Gasteiger partial charge in [-0.1, -0.05) is 18.2 Å². The number of hydrogen-bond donors (Lipinski definition) is 3. The van der Waals surface area contributed by atoms with Crippen LogP contribution in [-0.4, -0.2) is 92.1 Å². The van der Waals surface area contributed by atoms with Crippen molar-refractivity contribution < 1.29 is 37.5 Å². The Kier molecular flexibility index (Phi) is 9.94. The smallest absolute Gasteiger partial charge is 0.320 e. The molecule has 13 nitrogen and oxygen atoms in total. The lowest BCUT2D eigenvalue weighted by atomic mass is 10.0. The molecule has 1 fully saturated rings. The molecule has 2 aliphatic heterocycles. The Labute approximate surface area is 237 Å². The van der Waals surface area contributed by atoms with Gasteiger partial charge in [-0.2, -0.15) is 4.31 Å². The van der Waals surface area contributed by atoms with E-state index in [-0.39, 0.29) is 42.8 Å². The van der Waals surface area contributed by atoms with Crippen molar-refractivity contribution in [3.05, 3.63) is 59.8 Å². The molecule has 0 saturated carbocycles. The lowest BCUT2D eigenvalue weighted by molar-refractivity contribution is -0.150. The first-order chi connectivity index (χ1) is 19.8. The van der Waals surface area contributed by atoms with Crippen LogP contribution in [-0.2, 0) is 48.7 Å². The molecule has 3 N–H and O–H groups in total. The van der Waals surface area contributed by atoms with Crippen LogP contribution >= 0.6 is 0 Å². The third-order valence-corrected chi connectivity index (χ3v) is 8.82. The molecular weight excluding hydrogens is 554 g/mol. The Bertz CT molecular complexity index is 1490. The van der Waals surface area contributed by atoms with E-state index in [1.807, 2.05) is 33.7 Å². The van der Waals surface area contributed by atoms with Crippen LogP contribution in [0.2, 0.25) is 0 Å². The van der Waals surface area contributed by atoms with E-state index < -0.39 is 10.0 Å². The van der Waals surface area contributed by atoms with E-state index in [9.17, 15) is 18.0 Å². The molecule has 2 aromatic carbocycles. The van der Waals surface area contributed by atoms with Gasteiger partial charge in [0.05, 0.1) is 25.1 Å². The van der Waals surface area contributed by atoms with Gasteiger partial charge in [-0.15, -0.1) is 0 Å². The van der Waals surface area contributed by atoms with Crippen LogP contribution in [0, 0.1) is 0 Å². The number of ether oxygens (including phenoxy) is 2. The Morgan fingerprint density at radius 2 is 1.85 bits per heavy atom. The molecule has 1 aromatic heterocycles. The number of methoxy groups -OCH3 is 1. The minimum atomic E-state index is -3.72. The first-order valence-electron chi connectivity index (χ1n) is 13.0. The summed E-state index contributed by atoms with van der Waals surface area (Å²) in [6.45, 7) is 2.82. The van der Waals surface area contributed by atoms with Crippen LogP contribution in [0.25, 0.3) is 10.9 Å². The van der Waals surface area contributed by atoms with Crippen LogP contribution in [0.15, 0.2) is 53.4 Å². The second-order valence-electron chi connectivity index (χ2n) is 9.39. The van der Waals surface area contributed by atoms with Crippen molar-refractivity contribution in [1.29, 1.82) is 0 Å². The Morgan fingerprint density at radius 1 is 1.12 bits per heavy atom. The average molecular weight is 588 g/mol. The van der Waals surface area contributed by atoms with E-state index in [1.165, 1.54) is 16.9 Å². The molecule has 3 heterocycles. The standard InChI is InChI=1S/C26H30N4O6S.CH3NO2/c1-35-19-6-8-20(9-7-19)37(33,34)29-12-10-22-21-4-2-3-5-23(21)30(24(22)16-29)17-25(31)27-11-13-28-14-15-36-26(32)18-28;3-1-2-4/h2-9H,10-18H2,1H3,(H,27,31);1,4H,(H,2,3). The van der Waals surface area contributed by atoms with E-state index in [1.54, 1.807) is 24.3 Å². The highest BCUT2D eigenvalue weighted by Crippen LogP contribution is 2.33. The summed E-state index contributed by atoms with van der Waals surface area (Å²) in [4.78, 5) is 35.3. The van der Waals surface area contributed by atoms with E-state index in [0.29, 0.717) is 45.0 Å². The van der Waals surface area contributed by atoms with Crippen LogP contribution < -0.4 is 15.5 Å². The zero-order valence-electron chi connectivity index (χ0n) is 22.6. The second-order valence-corrected chi connectivity index (χ2v) is 11.3. The summed E-state index contributed by atoms with van der Waals surface area (Å²) in [5.41, 5.74) is 4.07. The van der Waals surface area contributed by atoms with Crippen LogP contribution in [0.3, 0.4) is 0 Å². The fourth-order valence-electron chi connectivity index (χ4n) is 4.99. The van der Waals surface area contributed by atoms with Gasteiger partial charge in [0.2, 0.25) is 22.3 Å². The predicted molar refractivity (Wildman–Crippen MR) is 148 cm³/mol. The summed E-state index contributed by atoms with van der Waals surface area (Å²) in [5, 5.41) is 11.2. The molecule has 220 valence electrons. The van der Waals surface area contributed by atoms with Crippen LogP contribution in [0.4, 0.5) is 0 Å². The molecule has 0 radical (unpaired) electrons. The molecule has 14 heteroatoms. The lowest BCUT2D eigenvalue weighted by Gasteiger charge is -2.28. The molecule has 3 aromatic rings. The normalized spacial score (nSPS) is 15.7. The number of carbonyl (C=O) groups is 3. The molecule has 0 bridgehead atoms. The van der Waals surface area contributed by atoms with Gasteiger partial charge in [0.15, 0.2) is 0 Å². The number of fused-ring (bicyclic) bond motifs is 3. The molecule has 0 aliphatic carbocycles. The number of nitrogens with one attached hydrogen (secondary N) is 2. The van der Waals surface area contributed by atoms with Crippen molar-refractivity contribution in [2.75, 3.05) is 46.4 Å². The van der Waals surface area contributed by atoms with Crippen molar-refractivity contribution >= 4 is 39.2 Å². The SMILES string of the molecule is COc1ccc(S(=O)(=O)N2CCc3c(n(CC(=O)NCCN4CCOC(=O)C4)c4ccccc34)C2)cc1.O=CNO. The molecule has 0 spiro atoms. The number of hydrogen-bond acceptors (Lipinski definition) is 9. The van der Waals surface area contributed by atoms with Crippen molar-refractivity contribution in [2.24, 2.45) is 0 Å². The molecule has 0 atom stereocenters. The zero-order chi connectivity index (χ0) is 29.4. The number of rotatable bonds is 9. The van der Waals surface area contributed by atoms with E-state index in [0.717, 1.165) is 22.2 Å². The third-order valence-electron chi connectivity index (χ3n) is 6.96. The number of carbonyl (C=O) groups excluding carboxylic acids is 3. The molecule has 0 unspecified atom stereocenters. The first-order valence-corrected chi connectivity index (χ1v) is 14.4. The number of hydroxylamine groups is 1. The Balaban J connectivity index is 0.000000909. The highest BCUT2D eigenvalue weighted by molar-refractivity contribution is 7.89. The maximum absolute atomic E-state index is 13.4. The van der Waals surface area contributed by atoms with Gasteiger partial charge in [-0.05, 0) is 42.3 Å². The molecule has 41 heavy (non-hydrogen) atoms. The maximum atomic E-state index is 13.4. The first kappa shape index (κ1) is 30.0. The monoisotopic (exact) mass is 587 g/mol. The summed E-state index contributed by atoms with van der Waals surface area (Å²) in [7, 11) is -2.19. The highest BCUT2D eigenvalue weighted by atomic mass is 32.2. The third kappa shape index (κ3) is 7.03. The van der Waals surface area contributed by atoms with Crippen molar-refractivity contribution in [2.45, 2.75) is 24.4 Å². The summed E-state index contributed by atoms with van der Waals surface area (Å²) in [6.07, 6.45) is 0.741. The number of amides is 2. The molecule has 2 amide bonds. The number of sulfonamides is 1. The van der Waals surface area contributed by atoms with E-state index in [4.69, 9.17) is 19.5 Å². The number of para-hydroxylation sites is 1. The van der Waals surface area contributed by atoms with E-state index >= 15 is 0 Å². The number of morpholine rings is 1. The Hall–Kier alpha value is -3.98. The number of aromatic nitrogens is 1. The van der Waals surface area contributed by atoms with E-state index in [2.05, 4.69) is 5.32 Å². The fourth-order valence-corrected chi connectivity index (χ4v) is 6.39. The number of benzene rings is 2. The fraction of sp³-hybridized carbons (Fsp3) is 0.370. The van der Waals surface area contributed by atoms with Gasteiger partial charge >= 0.3 is 5.97 Å². The van der Waals surface area contributed by atoms with Gasteiger partial charge < -0.3 is 19.4 Å². The topological polar surface area (TPSA) is 160 Å². The van der Waals surface area contributed by atoms with Gasteiger partial charge in [0.25, 0.3) is 0 Å². The quantitative estimate of drug-likeness (QED) is 0.140. The molecule has 5 rings (SSSR count). The minimum absolute atomic E-state index is 0.0777. The van der Waals surface area contributed by atoms with Crippen LogP contribution in [0.5, 0.6) is 5.75 Å². The van der Waals surface area contributed by atoms with Crippen molar-refractivity contribution in [1.82, 2.24) is 24.6 Å². The maximum Gasteiger partial charge on any atom is 0.320 e. The van der Waals surface area contributed by atoms with Gasteiger partial charge in [0, 0.05) is 42.8 Å². The second kappa shape index (κ2) is 13.6. The summed E-state index contributed by atoms with van der Waals surface area (Å²) >= 11 is 0. The number of nitrogens with zero attached hydrogens (tertiary/aromatic N) is 3. The minimum Gasteiger partial charge on any atom is -0.497 e. The summed E-state index contributed by atoms with van der Waals surface area (Å²) in [5.74, 6) is 0.168. The lowest BCUT2D eigenvalue weighted by Crippen LogP contribution is -2.44. The largest absolute Gasteiger partial charge is 0.497 e. The highest BCUT2D eigenvalue weighted by Gasteiger charge is 2.32. The van der Waals surface area contributed by atoms with Crippen LogP contribution in [0.1, 0.15) is 11.3 Å². The van der Waals surface area contributed by atoms with Crippen molar-refractivity contribution in [3.8, 4) is 5.75 Å². The molecular formula is C27H33N5O8S. The molecule has 1 saturated heterocycles.